The first-order valence-electron chi connectivity index (χ1n) is 9.31. The van der Waals surface area contributed by atoms with Crippen molar-refractivity contribution in [3.05, 3.63) is 89.1 Å². The van der Waals surface area contributed by atoms with E-state index in [4.69, 9.17) is 4.74 Å². The van der Waals surface area contributed by atoms with Crippen molar-refractivity contribution in [3.8, 4) is 0 Å². The van der Waals surface area contributed by atoms with Crippen LogP contribution < -0.4 is 10.6 Å². The molecule has 0 aliphatic rings. The number of carbonyl (C=O) groups is 2. The number of hydrogen-bond acceptors (Lipinski definition) is 6. The van der Waals surface area contributed by atoms with Gasteiger partial charge in [-0.25, -0.2) is 14.2 Å². The molecule has 3 aromatic rings. The summed E-state index contributed by atoms with van der Waals surface area (Å²) in [6, 6.07) is 12.9. The van der Waals surface area contributed by atoms with Crippen LogP contribution in [0, 0.1) is 5.82 Å². The molecule has 0 radical (unpaired) electrons. The minimum atomic E-state index is -0.606. The number of nitrogens with zero attached hydrogens (tertiary/aromatic N) is 2. The van der Waals surface area contributed by atoms with Gasteiger partial charge in [0.15, 0.2) is 5.69 Å². The van der Waals surface area contributed by atoms with Crippen molar-refractivity contribution in [2.45, 2.75) is 13.0 Å². The van der Waals surface area contributed by atoms with Gasteiger partial charge in [-0.2, -0.15) is 0 Å². The van der Waals surface area contributed by atoms with E-state index in [9.17, 15) is 14.0 Å². The van der Waals surface area contributed by atoms with Crippen molar-refractivity contribution in [2.75, 3.05) is 19.0 Å². The molecule has 0 spiro atoms. The summed E-state index contributed by atoms with van der Waals surface area (Å²) in [6.45, 7) is 0.693. The maximum absolute atomic E-state index is 13.4. The van der Waals surface area contributed by atoms with Crippen LogP contribution in [0.3, 0.4) is 0 Å². The molecule has 0 atom stereocenters. The summed E-state index contributed by atoms with van der Waals surface area (Å²) in [5, 5.41) is 5.87. The van der Waals surface area contributed by atoms with Crippen LogP contribution in [-0.4, -0.2) is 35.5 Å². The number of anilines is 1. The Morgan fingerprint density at radius 1 is 1.10 bits per heavy atom. The van der Waals surface area contributed by atoms with Gasteiger partial charge >= 0.3 is 5.97 Å². The zero-order valence-electron chi connectivity index (χ0n) is 16.4. The molecule has 0 bridgehead atoms. The van der Waals surface area contributed by atoms with Crippen molar-refractivity contribution in [1.29, 1.82) is 0 Å². The normalized spacial score (nSPS) is 10.3. The highest BCUT2D eigenvalue weighted by atomic mass is 19.1. The maximum Gasteiger partial charge on any atom is 0.356 e. The molecule has 1 amide bonds. The molecule has 0 aliphatic heterocycles. The van der Waals surface area contributed by atoms with Gasteiger partial charge in [-0.3, -0.25) is 9.78 Å². The molecule has 0 unspecified atom stereocenters. The molecule has 0 saturated carbocycles. The minimum Gasteiger partial charge on any atom is -0.464 e. The van der Waals surface area contributed by atoms with Crippen molar-refractivity contribution in [3.63, 3.8) is 0 Å². The first-order chi connectivity index (χ1) is 14.6. The molecule has 30 heavy (non-hydrogen) atoms. The summed E-state index contributed by atoms with van der Waals surface area (Å²) in [5.41, 5.74) is 2.01. The third-order valence-electron chi connectivity index (χ3n) is 4.31. The van der Waals surface area contributed by atoms with Crippen LogP contribution in [0.5, 0.6) is 0 Å². The van der Waals surface area contributed by atoms with Gasteiger partial charge in [-0.05, 0) is 47.9 Å². The Morgan fingerprint density at radius 2 is 1.93 bits per heavy atom. The molecule has 2 aromatic heterocycles. The number of benzene rings is 1. The van der Waals surface area contributed by atoms with Gasteiger partial charge in [0.05, 0.1) is 12.7 Å². The van der Waals surface area contributed by atoms with E-state index in [-0.39, 0.29) is 28.8 Å². The number of hydrogen-bond donors (Lipinski definition) is 2. The highest BCUT2D eigenvalue weighted by Gasteiger charge is 2.17. The van der Waals surface area contributed by atoms with Gasteiger partial charge in [0.25, 0.3) is 5.91 Å². The van der Waals surface area contributed by atoms with Crippen LogP contribution in [0.15, 0.2) is 60.9 Å². The standard InChI is InChI=1S/C22H21FN4O3/c1-30-22(29)19-8-7-18(21(28)26-14-16-5-3-10-24-13-16)20(27-19)25-11-9-15-4-2-6-17(23)12-15/h2-8,10,12-13H,9,11,14H2,1H3,(H,25,27)(H,26,28). The van der Waals surface area contributed by atoms with Gasteiger partial charge in [-0.15, -0.1) is 0 Å². The quantitative estimate of drug-likeness (QED) is 0.557. The number of ether oxygens (including phenoxy) is 1. The van der Waals surface area contributed by atoms with E-state index in [0.29, 0.717) is 19.5 Å². The highest BCUT2D eigenvalue weighted by Crippen LogP contribution is 2.15. The van der Waals surface area contributed by atoms with Crippen molar-refractivity contribution in [2.24, 2.45) is 0 Å². The van der Waals surface area contributed by atoms with E-state index in [1.807, 2.05) is 12.1 Å². The number of esters is 1. The minimum absolute atomic E-state index is 0.0783. The second-order valence-corrected chi connectivity index (χ2v) is 6.43. The summed E-state index contributed by atoms with van der Waals surface area (Å²) in [5.74, 6) is -1.02. The number of aromatic nitrogens is 2. The summed E-state index contributed by atoms with van der Waals surface area (Å²) in [7, 11) is 1.26. The fourth-order valence-electron chi connectivity index (χ4n) is 2.79. The van der Waals surface area contributed by atoms with E-state index in [2.05, 4.69) is 20.6 Å². The monoisotopic (exact) mass is 408 g/mol. The number of halogens is 1. The summed E-state index contributed by atoms with van der Waals surface area (Å²) in [6.07, 6.45) is 3.83. The molecule has 0 fully saturated rings. The Morgan fingerprint density at radius 3 is 2.67 bits per heavy atom. The third-order valence-corrected chi connectivity index (χ3v) is 4.31. The molecular formula is C22H21FN4O3. The number of carbonyl (C=O) groups excluding carboxylic acids is 2. The Labute approximate surface area is 173 Å². The van der Waals surface area contributed by atoms with Gasteiger partial charge < -0.3 is 15.4 Å². The van der Waals surface area contributed by atoms with E-state index < -0.39 is 5.97 Å². The number of methoxy groups -OCH3 is 1. The first kappa shape index (κ1) is 20.9. The second kappa shape index (κ2) is 10.1. The smallest absolute Gasteiger partial charge is 0.356 e. The Bertz CT molecular complexity index is 1030. The Balaban J connectivity index is 1.73. The van der Waals surface area contributed by atoms with Crippen molar-refractivity contribution >= 4 is 17.7 Å². The van der Waals surface area contributed by atoms with E-state index in [0.717, 1.165) is 11.1 Å². The van der Waals surface area contributed by atoms with Crippen LogP contribution >= 0.6 is 0 Å². The molecule has 2 heterocycles. The molecule has 0 aliphatic carbocycles. The lowest BCUT2D eigenvalue weighted by molar-refractivity contribution is 0.0593. The fourth-order valence-corrected chi connectivity index (χ4v) is 2.79. The van der Waals surface area contributed by atoms with Crippen LogP contribution in [0.4, 0.5) is 10.2 Å². The maximum atomic E-state index is 13.4. The largest absolute Gasteiger partial charge is 0.464 e. The predicted molar refractivity (Wildman–Crippen MR) is 110 cm³/mol. The molecule has 3 rings (SSSR count). The first-order valence-corrected chi connectivity index (χ1v) is 9.31. The third kappa shape index (κ3) is 5.60. The number of amides is 1. The van der Waals surface area contributed by atoms with Crippen LogP contribution in [0.2, 0.25) is 0 Å². The Kier molecular flexibility index (Phi) is 7.05. The van der Waals surface area contributed by atoms with Gasteiger partial charge in [0, 0.05) is 25.5 Å². The Hall–Kier alpha value is -3.81. The predicted octanol–water partition coefficient (Wildman–Crippen LogP) is 2.99. The van der Waals surface area contributed by atoms with E-state index in [1.165, 1.54) is 31.4 Å². The van der Waals surface area contributed by atoms with Crippen molar-refractivity contribution in [1.82, 2.24) is 15.3 Å². The molecule has 154 valence electrons. The average Bonchev–Trinajstić information content (AvgIpc) is 2.77. The lowest BCUT2D eigenvalue weighted by atomic mass is 10.1. The van der Waals surface area contributed by atoms with Crippen LogP contribution in [0.25, 0.3) is 0 Å². The van der Waals surface area contributed by atoms with Crippen molar-refractivity contribution < 1.29 is 18.7 Å². The number of nitrogens with one attached hydrogen (secondary N) is 2. The molecule has 8 heteroatoms. The summed E-state index contributed by atoms with van der Waals surface area (Å²) < 4.78 is 18.1. The van der Waals surface area contributed by atoms with Gasteiger partial charge in [0.2, 0.25) is 0 Å². The molecule has 1 aromatic carbocycles. The van der Waals surface area contributed by atoms with Gasteiger partial charge in [-0.1, -0.05) is 18.2 Å². The molecule has 2 N–H and O–H groups in total. The van der Waals surface area contributed by atoms with E-state index in [1.54, 1.807) is 24.5 Å². The summed E-state index contributed by atoms with van der Waals surface area (Å²) >= 11 is 0. The zero-order valence-corrected chi connectivity index (χ0v) is 16.4. The number of rotatable bonds is 8. The lowest BCUT2D eigenvalue weighted by Gasteiger charge is -2.13. The SMILES string of the molecule is COC(=O)c1ccc(C(=O)NCc2cccnc2)c(NCCc2cccc(F)c2)n1. The average molecular weight is 408 g/mol. The van der Waals surface area contributed by atoms with E-state index >= 15 is 0 Å². The number of pyridine rings is 2. The lowest BCUT2D eigenvalue weighted by Crippen LogP contribution is -2.25. The summed E-state index contributed by atoms with van der Waals surface area (Å²) in [4.78, 5) is 32.8. The molecular weight excluding hydrogens is 387 g/mol. The zero-order chi connectivity index (χ0) is 21.3. The highest BCUT2D eigenvalue weighted by molar-refractivity contribution is 6.00. The van der Waals surface area contributed by atoms with Gasteiger partial charge in [0.1, 0.15) is 11.6 Å². The van der Waals surface area contributed by atoms with Crippen LogP contribution in [0.1, 0.15) is 32.0 Å². The molecule has 0 saturated heterocycles. The fraction of sp³-hybridized carbons (Fsp3) is 0.182. The topological polar surface area (TPSA) is 93.2 Å². The second-order valence-electron chi connectivity index (χ2n) is 6.43. The molecule has 7 nitrogen and oxygen atoms in total. The van der Waals surface area contributed by atoms with Crippen LogP contribution in [-0.2, 0) is 17.7 Å².